The standard InChI is InChI=1S/C12H27N3/c1-11(2)9-12(13)10-15-6-4-5-14(3)7-8-15/h11-12H,4-10,13H2,1-3H3/t12-/m0/s1. The molecular formula is C12H27N3. The molecule has 0 saturated carbocycles. The third-order valence-corrected chi connectivity index (χ3v) is 3.08. The van der Waals surface area contributed by atoms with Crippen molar-refractivity contribution in [3.05, 3.63) is 0 Å². The van der Waals surface area contributed by atoms with E-state index in [0.717, 1.165) is 18.9 Å². The van der Waals surface area contributed by atoms with Crippen LogP contribution in [0.5, 0.6) is 0 Å². The van der Waals surface area contributed by atoms with E-state index in [4.69, 9.17) is 5.73 Å². The summed E-state index contributed by atoms with van der Waals surface area (Å²) in [4.78, 5) is 4.94. The van der Waals surface area contributed by atoms with E-state index in [0.29, 0.717) is 6.04 Å². The lowest BCUT2D eigenvalue weighted by atomic mass is 10.0. The molecule has 0 radical (unpaired) electrons. The number of hydrogen-bond donors (Lipinski definition) is 1. The quantitative estimate of drug-likeness (QED) is 0.756. The van der Waals surface area contributed by atoms with Crippen LogP contribution in [-0.2, 0) is 0 Å². The Balaban J connectivity index is 2.24. The van der Waals surface area contributed by atoms with Gasteiger partial charge in [-0.2, -0.15) is 0 Å². The largest absolute Gasteiger partial charge is 0.327 e. The molecule has 1 aliphatic heterocycles. The molecule has 1 aliphatic rings. The van der Waals surface area contributed by atoms with E-state index < -0.39 is 0 Å². The van der Waals surface area contributed by atoms with Crippen molar-refractivity contribution >= 4 is 0 Å². The molecule has 0 aromatic rings. The van der Waals surface area contributed by atoms with E-state index in [-0.39, 0.29) is 0 Å². The molecule has 2 N–H and O–H groups in total. The van der Waals surface area contributed by atoms with Crippen molar-refractivity contribution in [2.75, 3.05) is 39.8 Å². The summed E-state index contributed by atoms with van der Waals surface area (Å²) in [5.41, 5.74) is 6.14. The molecule has 1 heterocycles. The van der Waals surface area contributed by atoms with Crippen LogP contribution >= 0.6 is 0 Å². The third kappa shape index (κ3) is 5.50. The smallest absolute Gasteiger partial charge is 0.0170 e. The number of nitrogens with two attached hydrogens (primary N) is 1. The molecule has 90 valence electrons. The fourth-order valence-corrected chi connectivity index (χ4v) is 2.29. The monoisotopic (exact) mass is 213 g/mol. The third-order valence-electron chi connectivity index (χ3n) is 3.08. The van der Waals surface area contributed by atoms with Gasteiger partial charge in [-0.25, -0.2) is 0 Å². The normalized spacial score (nSPS) is 23.0. The first-order chi connectivity index (χ1) is 7.08. The molecule has 3 heteroatoms. The highest BCUT2D eigenvalue weighted by atomic mass is 15.2. The number of rotatable bonds is 4. The minimum Gasteiger partial charge on any atom is -0.327 e. The molecule has 0 amide bonds. The average Bonchev–Trinajstić information content (AvgIpc) is 2.29. The summed E-state index contributed by atoms with van der Waals surface area (Å²) in [5.74, 6) is 0.717. The summed E-state index contributed by atoms with van der Waals surface area (Å²) in [7, 11) is 2.21. The highest BCUT2D eigenvalue weighted by Crippen LogP contribution is 2.06. The maximum atomic E-state index is 6.14. The van der Waals surface area contributed by atoms with Crippen LogP contribution in [0.2, 0.25) is 0 Å². The summed E-state index contributed by atoms with van der Waals surface area (Å²) in [6, 6.07) is 0.355. The first kappa shape index (κ1) is 12.9. The zero-order chi connectivity index (χ0) is 11.3. The van der Waals surface area contributed by atoms with Crippen LogP contribution in [0, 0.1) is 5.92 Å². The Morgan fingerprint density at radius 3 is 2.53 bits per heavy atom. The molecular weight excluding hydrogens is 186 g/mol. The average molecular weight is 213 g/mol. The lowest BCUT2D eigenvalue weighted by molar-refractivity contribution is 0.250. The van der Waals surface area contributed by atoms with Gasteiger partial charge in [-0.05, 0) is 38.9 Å². The van der Waals surface area contributed by atoms with E-state index in [2.05, 4.69) is 30.7 Å². The summed E-state index contributed by atoms with van der Waals surface area (Å²) in [6.07, 6.45) is 2.43. The van der Waals surface area contributed by atoms with Crippen molar-refractivity contribution < 1.29 is 0 Å². The number of nitrogens with zero attached hydrogens (tertiary/aromatic N) is 2. The van der Waals surface area contributed by atoms with Gasteiger partial charge in [0.15, 0.2) is 0 Å². The van der Waals surface area contributed by atoms with Crippen molar-refractivity contribution in [3.8, 4) is 0 Å². The molecule has 0 aromatic heterocycles. The molecule has 0 aromatic carbocycles. The lowest BCUT2D eigenvalue weighted by Crippen LogP contribution is -2.40. The van der Waals surface area contributed by atoms with Crippen molar-refractivity contribution in [1.82, 2.24) is 9.80 Å². The predicted octanol–water partition coefficient (Wildman–Crippen LogP) is 0.997. The van der Waals surface area contributed by atoms with E-state index in [1.807, 2.05) is 0 Å². The maximum absolute atomic E-state index is 6.14. The van der Waals surface area contributed by atoms with Crippen molar-refractivity contribution in [2.24, 2.45) is 11.7 Å². The summed E-state index contributed by atoms with van der Waals surface area (Å²) >= 11 is 0. The Bertz CT molecular complexity index is 170. The van der Waals surface area contributed by atoms with E-state index in [9.17, 15) is 0 Å². The molecule has 15 heavy (non-hydrogen) atoms. The second kappa shape index (κ2) is 6.46. The molecule has 1 atom stereocenters. The predicted molar refractivity (Wildman–Crippen MR) is 66.0 cm³/mol. The van der Waals surface area contributed by atoms with Crippen LogP contribution in [0.15, 0.2) is 0 Å². The van der Waals surface area contributed by atoms with Crippen LogP contribution in [0.4, 0.5) is 0 Å². The Morgan fingerprint density at radius 2 is 1.87 bits per heavy atom. The Hall–Kier alpha value is -0.120. The second-order valence-electron chi connectivity index (χ2n) is 5.35. The molecule has 3 nitrogen and oxygen atoms in total. The molecule has 1 rings (SSSR count). The fraction of sp³-hybridized carbons (Fsp3) is 1.00. The van der Waals surface area contributed by atoms with Crippen LogP contribution in [0.3, 0.4) is 0 Å². The first-order valence-corrected chi connectivity index (χ1v) is 6.24. The summed E-state index contributed by atoms with van der Waals surface area (Å²) in [5, 5.41) is 0. The first-order valence-electron chi connectivity index (χ1n) is 6.24. The minimum absolute atomic E-state index is 0.355. The van der Waals surface area contributed by atoms with Crippen LogP contribution < -0.4 is 5.73 Å². The van der Waals surface area contributed by atoms with Gasteiger partial charge in [-0.1, -0.05) is 13.8 Å². The zero-order valence-electron chi connectivity index (χ0n) is 10.6. The SMILES string of the molecule is CC(C)C[C@H](N)CN1CCCN(C)CC1. The van der Waals surface area contributed by atoms with Gasteiger partial charge in [0.2, 0.25) is 0 Å². The molecule has 1 fully saturated rings. The van der Waals surface area contributed by atoms with Gasteiger partial charge in [0.25, 0.3) is 0 Å². The zero-order valence-corrected chi connectivity index (χ0v) is 10.6. The van der Waals surface area contributed by atoms with Crippen LogP contribution in [-0.4, -0.2) is 55.6 Å². The van der Waals surface area contributed by atoms with Gasteiger partial charge in [-0.15, -0.1) is 0 Å². The highest BCUT2D eigenvalue weighted by Gasteiger charge is 2.15. The summed E-state index contributed by atoms with van der Waals surface area (Å²) in [6.45, 7) is 10.4. The van der Waals surface area contributed by atoms with E-state index in [1.54, 1.807) is 0 Å². The van der Waals surface area contributed by atoms with Crippen LogP contribution in [0.25, 0.3) is 0 Å². The fourth-order valence-electron chi connectivity index (χ4n) is 2.29. The number of hydrogen-bond acceptors (Lipinski definition) is 3. The van der Waals surface area contributed by atoms with E-state index in [1.165, 1.54) is 32.6 Å². The van der Waals surface area contributed by atoms with Crippen molar-refractivity contribution in [3.63, 3.8) is 0 Å². The van der Waals surface area contributed by atoms with Gasteiger partial charge in [0, 0.05) is 25.7 Å². The lowest BCUT2D eigenvalue weighted by Gasteiger charge is -2.24. The maximum Gasteiger partial charge on any atom is 0.0170 e. The second-order valence-corrected chi connectivity index (χ2v) is 5.35. The topological polar surface area (TPSA) is 32.5 Å². The van der Waals surface area contributed by atoms with E-state index >= 15 is 0 Å². The van der Waals surface area contributed by atoms with Gasteiger partial charge in [-0.3, -0.25) is 0 Å². The molecule has 0 spiro atoms. The van der Waals surface area contributed by atoms with Gasteiger partial charge < -0.3 is 15.5 Å². The Labute approximate surface area is 94.6 Å². The highest BCUT2D eigenvalue weighted by molar-refractivity contribution is 4.73. The molecule has 1 saturated heterocycles. The number of likely N-dealkylation sites (N-methyl/N-ethyl adjacent to an activating group) is 1. The van der Waals surface area contributed by atoms with Crippen LogP contribution in [0.1, 0.15) is 26.7 Å². The Kier molecular flexibility index (Phi) is 5.58. The molecule has 0 aliphatic carbocycles. The molecule has 0 unspecified atom stereocenters. The van der Waals surface area contributed by atoms with Crippen molar-refractivity contribution in [2.45, 2.75) is 32.7 Å². The summed E-state index contributed by atoms with van der Waals surface area (Å²) < 4.78 is 0. The molecule has 0 bridgehead atoms. The van der Waals surface area contributed by atoms with Gasteiger partial charge >= 0.3 is 0 Å². The van der Waals surface area contributed by atoms with Crippen molar-refractivity contribution in [1.29, 1.82) is 0 Å². The Morgan fingerprint density at radius 1 is 1.13 bits per heavy atom. The minimum atomic E-state index is 0.355. The van der Waals surface area contributed by atoms with Gasteiger partial charge in [0.1, 0.15) is 0 Å². The van der Waals surface area contributed by atoms with Gasteiger partial charge in [0.05, 0.1) is 0 Å².